The van der Waals surface area contributed by atoms with E-state index in [1.54, 1.807) is 14.2 Å². The van der Waals surface area contributed by atoms with E-state index in [4.69, 9.17) is 9.47 Å². The number of hydrogen-bond acceptors (Lipinski definition) is 4. The van der Waals surface area contributed by atoms with Gasteiger partial charge in [-0.25, -0.2) is 4.98 Å². The molecule has 0 bridgehead atoms. The van der Waals surface area contributed by atoms with Gasteiger partial charge in [0.1, 0.15) is 17.0 Å². The smallest absolute Gasteiger partial charge is 0.145 e. The van der Waals surface area contributed by atoms with Crippen molar-refractivity contribution in [1.82, 2.24) is 10.3 Å². The summed E-state index contributed by atoms with van der Waals surface area (Å²) in [5.74, 6) is 1.60. The number of aromatic nitrogens is 1. The number of nitrogens with one attached hydrogen (secondary N) is 1. The van der Waals surface area contributed by atoms with Crippen molar-refractivity contribution in [3.8, 4) is 11.5 Å². The highest BCUT2D eigenvalue weighted by atomic mass is 16.5. The molecule has 0 aliphatic heterocycles. The van der Waals surface area contributed by atoms with Crippen molar-refractivity contribution in [2.24, 2.45) is 0 Å². The Kier molecular flexibility index (Phi) is 4.22. The summed E-state index contributed by atoms with van der Waals surface area (Å²) < 4.78 is 10.8. The van der Waals surface area contributed by atoms with Crippen LogP contribution in [0.1, 0.15) is 11.3 Å². The summed E-state index contributed by atoms with van der Waals surface area (Å²) >= 11 is 0. The average molecular weight is 260 g/mol. The molecule has 4 heteroatoms. The zero-order valence-corrected chi connectivity index (χ0v) is 11.9. The molecule has 0 spiro atoms. The van der Waals surface area contributed by atoms with Crippen molar-refractivity contribution in [3.05, 3.63) is 29.5 Å². The molecule has 1 heterocycles. The molecule has 2 rings (SSSR count). The Hall–Kier alpha value is -1.81. The molecule has 1 aromatic heterocycles. The summed E-state index contributed by atoms with van der Waals surface area (Å²) in [6, 6.07) is 5.96. The van der Waals surface area contributed by atoms with Crippen LogP contribution in [0.25, 0.3) is 10.9 Å². The van der Waals surface area contributed by atoms with Crippen LogP contribution in [0.5, 0.6) is 11.5 Å². The molecule has 0 aliphatic rings. The van der Waals surface area contributed by atoms with Crippen LogP contribution in [0, 0.1) is 6.92 Å². The third-order valence-corrected chi connectivity index (χ3v) is 3.29. The van der Waals surface area contributed by atoms with Gasteiger partial charge in [0.2, 0.25) is 0 Å². The number of fused-ring (bicyclic) bond motifs is 1. The van der Waals surface area contributed by atoms with Gasteiger partial charge in [0, 0.05) is 11.1 Å². The van der Waals surface area contributed by atoms with E-state index in [1.807, 2.05) is 26.1 Å². The number of likely N-dealkylation sites (N-methyl/N-ethyl adjacent to an activating group) is 1. The summed E-state index contributed by atoms with van der Waals surface area (Å²) in [4.78, 5) is 4.68. The highest BCUT2D eigenvalue weighted by molar-refractivity contribution is 5.90. The van der Waals surface area contributed by atoms with E-state index in [1.165, 1.54) is 5.56 Å². The molecule has 1 N–H and O–H groups in total. The first-order valence-corrected chi connectivity index (χ1v) is 6.37. The SMILES string of the molecule is CNCCc1cc2c(OC)ccc(OC)c2nc1C. The normalized spacial score (nSPS) is 10.7. The van der Waals surface area contributed by atoms with Crippen molar-refractivity contribution in [2.75, 3.05) is 27.8 Å². The maximum Gasteiger partial charge on any atom is 0.145 e. The van der Waals surface area contributed by atoms with Crippen LogP contribution in [0.3, 0.4) is 0 Å². The third kappa shape index (κ3) is 2.63. The Bertz CT molecular complexity index is 582. The first-order chi connectivity index (χ1) is 9.21. The standard InChI is InChI=1S/C15H20N2O2/c1-10-11(7-8-16-2)9-12-13(18-3)5-6-14(19-4)15(12)17-10/h5-6,9,16H,7-8H2,1-4H3. The molecule has 0 saturated carbocycles. The average Bonchev–Trinajstić information content (AvgIpc) is 2.44. The molecule has 0 saturated heterocycles. The van der Waals surface area contributed by atoms with Gasteiger partial charge < -0.3 is 14.8 Å². The van der Waals surface area contributed by atoms with Gasteiger partial charge in [0.25, 0.3) is 0 Å². The summed E-state index contributed by atoms with van der Waals surface area (Å²) in [6.45, 7) is 2.96. The number of benzene rings is 1. The van der Waals surface area contributed by atoms with Crippen molar-refractivity contribution in [1.29, 1.82) is 0 Å². The van der Waals surface area contributed by atoms with E-state index in [0.29, 0.717) is 0 Å². The number of aryl methyl sites for hydroxylation is 1. The fourth-order valence-electron chi connectivity index (χ4n) is 2.20. The van der Waals surface area contributed by atoms with E-state index < -0.39 is 0 Å². The minimum absolute atomic E-state index is 0.777. The molecule has 2 aromatic rings. The van der Waals surface area contributed by atoms with Gasteiger partial charge in [-0.2, -0.15) is 0 Å². The summed E-state index contributed by atoms with van der Waals surface area (Å²) in [5.41, 5.74) is 3.12. The van der Waals surface area contributed by atoms with Crippen molar-refractivity contribution >= 4 is 10.9 Å². The van der Waals surface area contributed by atoms with Gasteiger partial charge >= 0.3 is 0 Å². The second kappa shape index (κ2) is 5.89. The topological polar surface area (TPSA) is 43.4 Å². The lowest BCUT2D eigenvalue weighted by molar-refractivity contribution is 0.409. The fourth-order valence-corrected chi connectivity index (χ4v) is 2.20. The highest BCUT2D eigenvalue weighted by Gasteiger charge is 2.11. The van der Waals surface area contributed by atoms with Crippen LogP contribution in [0.15, 0.2) is 18.2 Å². The molecule has 102 valence electrons. The number of nitrogens with zero attached hydrogens (tertiary/aromatic N) is 1. The van der Waals surface area contributed by atoms with Crippen LogP contribution in [0.4, 0.5) is 0 Å². The molecule has 1 aromatic carbocycles. The van der Waals surface area contributed by atoms with Gasteiger partial charge in [0.05, 0.1) is 14.2 Å². The Labute approximate surface area is 113 Å². The predicted octanol–water partition coefficient (Wildman–Crippen LogP) is 2.32. The molecule has 4 nitrogen and oxygen atoms in total. The molecule has 0 unspecified atom stereocenters. The summed E-state index contributed by atoms with van der Waals surface area (Å²) in [6.07, 6.45) is 0.950. The van der Waals surface area contributed by atoms with Crippen LogP contribution in [-0.4, -0.2) is 32.8 Å². The maximum atomic E-state index is 5.42. The molecular formula is C15H20N2O2. The molecular weight excluding hydrogens is 240 g/mol. The highest BCUT2D eigenvalue weighted by Crippen LogP contribution is 2.33. The second-order valence-corrected chi connectivity index (χ2v) is 4.45. The lowest BCUT2D eigenvalue weighted by atomic mass is 10.1. The zero-order valence-electron chi connectivity index (χ0n) is 11.9. The minimum Gasteiger partial charge on any atom is -0.496 e. The zero-order chi connectivity index (χ0) is 13.8. The Balaban J connectivity index is 2.61. The molecule has 0 radical (unpaired) electrons. The van der Waals surface area contributed by atoms with Crippen molar-refractivity contribution in [2.45, 2.75) is 13.3 Å². The van der Waals surface area contributed by atoms with Crippen LogP contribution in [0.2, 0.25) is 0 Å². The molecule has 0 aliphatic carbocycles. The largest absolute Gasteiger partial charge is 0.496 e. The second-order valence-electron chi connectivity index (χ2n) is 4.45. The van der Waals surface area contributed by atoms with Crippen molar-refractivity contribution in [3.63, 3.8) is 0 Å². The third-order valence-electron chi connectivity index (χ3n) is 3.29. The summed E-state index contributed by atoms with van der Waals surface area (Å²) in [5, 5.41) is 4.16. The van der Waals surface area contributed by atoms with Crippen LogP contribution < -0.4 is 14.8 Å². The van der Waals surface area contributed by atoms with Crippen LogP contribution in [-0.2, 0) is 6.42 Å². The van der Waals surface area contributed by atoms with E-state index in [9.17, 15) is 0 Å². The molecule has 0 amide bonds. The van der Waals surface area contributed by atoms with Gasteiger partial charge in [-0.1, -0.05) is 0 Å². The summed E-state index contributed by atoms with van der Waals surface area (Å²) in [7, 11) is 5.29. The van der Waals surface area contributed by atoms with E-state index in [0.717, 1.165) is 41.1 Å². The monoisotopic (exact) mass is 260 g/mol. The Morgan fingerprint density at radius 2 is 1.84 bits per heavy atom. The van der Waals surface area contributed by atoms with Gasteiger partial charge in [0.15, 0.2) is 0 Å². The van der Waals surface area contributed by atoms with Gasteiger partial charge in [-0.3, -0.25) is 0 Å². The molecule has 19 heavy (non-hydrogen) atoms. The van der Waals surface area contributed by atoms with Gasteiger partial charge in [-0.15, -0.1) is 0 Å². The van der Waals surface area contributed by atoms with Gasteiger partial charge in [-0.05, 0) is 50.7 Å². The number of pyridine rings is 1. The first kappa shape index (κ1) is 13.6. The van der Waals surface area contributed by atoms with E-state index >= 15 is 0 Å². The quantitative estimate of drug-likeness (QED) is 0.896. The number of ether oxygens (including phenoxy) is 2. The molecule has 0 fully saturated rings. The lowest BCUT2D eigenvalue weighted by Crippen LogP contribution is -2.11. The maximum absolute atomic E-state index is 5.42. The minimum atomic E-state index is 0.777. The fraction of sp³-hybridized carbons (Fsp3) is 0.400. The lowest BCUT2D eigenvalue weighted by Gasteiger charge is -2.12. The Morgan fingerprint density at radius 3 is 2.47 bits per heavy atom. The van der Waals surface area contributed by atoms with E-state index in [2.05, 4.69) is 16.4 Å². The Morgan fingerprint density at radius 1 is 1.16 bits per heavy atom. The number of rotatable bonds is 5. The molecule has 0 atom stereocenters. The number of methoxy groups -OCH3 is 2. The van der Waals surface area contributed by atoms with Crippen molar-refractivity contribution < 1.29 is 9.47 Å². The predicted molar refractivity (Wildman–Crippen MR) is 77.2 cm³/mol. The van der Waals surface area contributed by atoms with Crippen LogP contribution >= 0.6 is 0 Å². The number of hydrogen-bond donors (Lipinski definition) is 1. The first-order valence-electron chi connectivity index (χ1n) is 6.37. The van der Waals surface area contributed by atoms with E-state index in [-0.39, 0.29) is 0 Å².